The Kier molecular flexibility index (Phi) is 2.49. The molecule has 0 aliphatic heterocycles. The van der Waals surface area contributed by atoms with Crippen LogP contribution < -0.4 is 20.3 Å². The third-order valence-electron chi connectivity index (χ3n) is 3.84. The summed E-state index contributed by atoms with van der Waals surface area (Å²) in [4.78, 5) is 23.4. The van der Waals surface area contributed by atoms with Crippen LogP contribution in [0.25, 0.3) is 11.1 Å². The van der Waals surface area contributed by atoms with Gasteiger partial charge in [0.2, 0.25) is 10.9 Å². The van der Waals surface area contributed by atoms with E-state index in [-0.39, 0.29) is 16.8 Å². The minimum absolute atomic E-state index is 0.0887. The first-order chi connectivity index (χ1) is 9.08. The van der Waals surface area contributed by atoms with Crippen LogP contribution >= 0.6 is 0 Å². The van der Waals surface area contributed by atoms with E-state index in [2.05, 4.69) is 0 Å². The summed E-state index contributed by atoms with van der Waals surface area (Å²) >= 11 is 0. The molecule has 0 radical (unpaired) electrons. The SMILES string of the molecule is COc1cc2c(cc1OC)-c1c(c(=O)c1=O)[C@@H](C)C2. The Balaban J connectivity index is 2.28. The lowest BCUT2D eigenvalue weighted by Crippen LogP contribution is -2.40. The van der Waals surface area contributed by atoms with Gasteiger partial charge in [-0.2, -0.15) is 0 Å². The summed E-state index contributed by atoms with van der Waals surface area (Å²) in [6.07, 6.45) is 0.744. The maximum atomic E-state index is 11.8. The zero-order valence-electron chi connectivity index (χ0n) is 11.1. The van der Waals surface area contributed by atoms with Crippen molar-refractivity contribution in [3.05, 3.63) is 43.7 Å². The second-order valence-electron chi connectivity index (χ2n) is 4.92. The average Bonchev–Trinajstić information content (AvgIpc) is 2.43. The summed E-state index contributed by atoms with van der Waals surface area (Å²) in [6, 6.07) is 3.68. The number of ether oxygens (including phenoxy) is 2. The molecule has 1 aliphatic rings. The molecule has 0 saturated heterocycles. The van der Waals surface area contributed by atoms with Crippen molar-refractivity contribution in [1.82, 2.24) is 0 Å². The number of methoxy groups -OCH3 is 2. The first-order valence-electron chi connectivity index (χ1n) is 6.17. The summed E-state index contributed by atoms with van der Waals surface area (Å²) in [7, 11) is 3.14. The van der Waals surface area contributed by atoms with Crippen molar-refractivity contribution < 1.29 is 9.47 Å². The predicted octanol–water partition coefficient (Wildman–Crippen LogP) is 1.63. The minimum Gasteiger partial charge on any atom is -0.493 e. The summed E-state index contributed by atoms with van der Waals surface area (Å²) in [5.74, 6) is 1.32. The Bertz CT molecular complexity index is 735. The standard InChI is InChI=1S/C15H14O4/c1-7-4-8-5-10(18-2)11(19-3)6-9(8)13-12(7)14(16)15(13)17/h5-7H,4H2,1-3H3/t7-/m0/s1. The summed E-state index contributed by atoms with van der Waals surface area (Å²) in [6.45, 7) is 1.97. The van der Waals surface area contributed by atoms with Crippen molar-refractivity contribution in [1.29, 1.82) is 0 Å². The highest BCUT2D eigenvalue weighted by atomic mass is 16.5. The van der Waals surface area contributed by atoms with Gasteiger partial charge in [-0.05, 0) is 35.6 Å². The lowest BCUT2D eigenvalue weighted by molar-refractivity contribution is 0.354. The molecular formula is C15H14O4. The Labute approximate surface area is 110 Å². The van der Waals surface area contributed by atoms with Crippen molar-refractivity contribution >= 4 is 0 Å². The van der Waals surface area contributed by atoms with Crippen molar-refractivity contribution in [3.63, 3.8) is 0 Å². The van der Waals surface area contributed by atoms with Crippen molar-refractivity contribution in [2.75, 3.05) is 14.2 Å². The molecule has 0 fully saturated rings. The number of rotatable bonds is 2. The first-order valence-corrected chi connectivity index (χ1v) is 6.17. The molecule has 19 heavy (non-hydrogen) atoms. The molecule has 0 saturated carbocycles. The van der Waals surface area contributed by atoms with Crippen LogP contribution in [0.3, 0.4) is 0 Å². The second-order valence-corrected chi connectivity index (χ2v) is 4.92. The highest BCUT2D eigenvalue weighted by Crippen LogP contribution is 2.42. The molecule has 0 aromatic heterocycles. The topological polar surface area (TPSA) is 52.6 Å². The number of hydrogen-bond donors (Lipinski definition) is 0. The lowest BCUT2D eigenvalue weighted by atomic mass is 9.76. The van der Waals surface area contributed by atoms with E-state index in [0.29, 0.717) is 22.6 Å². The lowest BCUT2D eigenvalue weighted by Gasteiger charge is -2.26. The molecule has 2 aromatic carbocycles. The van der Waals surface area contributed by atoms with Gasteiger partial charge in [-0.1, -0.05) is 6.92 Å². The number of hydrogen-bond acceptors (Lipinski definition) is 4. The number of fused-ring (bicyclic) bond motifs is 3. The molecule has 2 aromatic rings. The van der Waals surface area contributed by atoms with E-state index < -0.39 is 0 Å². The van der Waals surface area contributed by atoms with Crippen LogP contribution in [0.4, 0.5) is 0 Å². The Morgan fingerprint density at radius 3 is 2.32 bits per heavy atom. The van der Waals surface area contributed by atoms with Gasteiger partial charge < -0.3 is 9.47 Å². The Morgan fingerprint density at radius 1 is 1.05 bits per heavy atom. The predicted molar refractivity (Wildman–Crippen MR) is 72.0 cm³/mol. The molecule has 0 N–H and O–H groups in total. The quantitative estimate of drug-likeness (QED) is 0.768. The Hall–Kier alpha value is -2.10. The van der Waals surface area contributed by atoms with Gasteiger partial charge in [-0.25, -0.2) is 0 Å². The fourth-order valence-electron chi connectivity index (χ4n) is 2.90. The molecule has 98 valence electrons. The maximum Gasteiger partial charge on any atom is 0.234 e. The highest BCUT2D eigenvalue weighted by Gasteiger charge is 2.33. The van der Waals surface area contributed by atoms with Crippen LogP contribution in [0.1, 0.15) is 24.0 Å². The van der Waals surface area contributed by atoms with Crippen LogP contribution in [0, 0.1) is 0 Å². The zero-order chi connectivity index (χ0) is 13.7. The molecular weight excluding hydrogens is 244 g/mol. The summed E-state index contributed by atoms with van der Waals surface area (Å²) in [5.41, 5.74) is 2.38. The smallest absolute Gasteiger partial charge is 0.234 e. The van der Waals surface area contributed by atoms with Gasteiger partial charge in [0.15, 0.2) is 11.5 Å². The highest BCUT2D eigenvalue weighted by molar-refractivity contribution is 5.79. The maximum absolute atomic E-state index is 11.8. The monoisotopic (exact) mass is 258 g/mol. The van der Waals surface area contributed by atoms with Crippen LogP contribution in [0.5, 0.6) is 11.5 Å². The molecule has 4 heteroatoms. The van der Waals surface area contributed by atoms with Crippen molar-refractivity contribution in [2.45, 2.75) is 19.3 Å². The van der Waals surface area contributed by atoms with Crippen molar-refractivity contribution in [2.24, 2.45) is 0 Å². The molecule has 4 nitrogen and oxygen atoms in total. The molecule has 0 unspecified atom stereocenters. The molecule has 0 bridgehead atoms. The number of benzene rings is 1. The Morgan fingerprint density at radius 2 is 1.68 bits per heavy atom. The molecule has 1 aliphatic carbocycles. The van der Waals surface area contributed by atoms with Crippen LogP contribution in [0.2, 0.25) is 0 Å². The third kappa shape index (κ3) is 1.46. The third-order valence-corrected chi connectivity index (χ3v) is 3.84. The second kappa shape index (κ2) is 3.95. The normalized spacial score (nSPS) is 16.9. The molecule has 0 spiro atoms. The average molecular weight is 258 g/mol. The van der Waals surface area contributed by atoms with Gasteiger partial charge in [0.25, 0.3) is 0 Å². The summed E-state index contributed by atoms with van der Waals surface area (Å²) < 4.78 is 10.5. The van der Waals surface area contributed by atoms with E-state index in [0.717, 1.165) is 17.5 Å². The van der Waals surface area contributed by atoms with Gasteiger partial charge >= 0.3 is 0 Å². The van der Waals surface area contributed by atoms with E-state index in [4.69, 9.17) is 9.47 Å². The largest absolute Gasteiger partial charge is 0.493 e. The molecule has 0 amide bonds. The van der Waals surface area contributed by atoms with E-state index in [1.54, 1.807) is 20.3 Å². The van der Waals surface area contributed by atoms with E-state index in [9.17, 15) is 9.59 Å². The van der Waals surface area contributed by atoms with Crippen LogP contribution in [-0.4, -0.2) is 14.2 Å². The summed E-state index contributed by atoms with van der Waals surface area (Å²) in [5, 5.41) is 0. The van der Waals surface area contributed by atoms with Crippen molar-refractivity contribution in [3.8, 4) is 22.6 Å². The van der Waals surface area contributed by atoms with E-state index in [1.165, 1.54) is 0 Å². The van der Waals surface area contributed by atoms with Gasteiger partial charge in [-0.15, -0.1) is 0 Å². The van der Waals surface area contributed by atoms with Crippen LogP contribution in [-0.2, 0) is 6.42 Å². The van der Waals surface area contributed by atoms with Gasteiger partial charge in [-0.3, -0.25) is 9.59 Å². The van der Waals surface area contributed by atoms with E-state index >= 15 is 0 Å². The molecule has 3 rings (SSSR count). The van der Waals surface area contributed by atoms with Crippen LogP contribution in [0.15, 0.2) is 21.7 Å². The fourth-order valence-corrected chi connectivity index (χ4v) is 2.90. The van der Waals surface area contributed by atoms with Gasteiger partial charge in [0, 0.05) is 11.1 Å². The fraction of sp³-hybridized carbons (Fsp3) is 0.333. The zero-order valence-corrected chi connectivity index (χ0v) is 11.1. The van der Waals surface area contributed by atoms with Gasteiger partial charge in [0.1, 0.15) is 0 Å². The van der Waals surface area contributed by atoms with E-state index in [1.807, 2.05) is 13.0 Å². The molecule has 1 atom stereocenters. The van der Waals surface area contributed by atoms with Gasteiger partial charge in [0.05, 0.1) is 14.2 Å². The molecule has 0 heterocycles. The first kappa shape index (κ1) is 12.0. The minimum atomic E-state index is -0.380.